The van der Waals surface area contributed by atoms with Gasteiger partial charge in [-0.2, -0.15) is 0 Å². The molecular formula is C9H14N2O4. The number of likely N-dealkylation sites (tertiary alicyclic amines) is 1. The minimum absolute atomic E-state index is 0.223. The van der Waals surface area contributed by atoms with Crippen molar-refractivity contribution in [3.8, 4) is 0 Å². The molecule has 0 unspecified atom stereocenters. The molecule has 1 saturated heterocycles. The van der Waals surface area contributed by atoms with Crippen molar-refractivity contribution in [1.82, 2.24) is 5.32 Å². The minimum atomic E-state index is -1.30. The summed E-state index contributed by atoms with van der Waals surface area (Å²) < 4.78 is 0. The second kappa shape index (κ2) is 5.45. The van der Waals surface area contributed by atoms with Crippen LogP contribution in [0.1, 0.15) is 12.8 Å². The molecule has 1 aliphatic rings. The Morgan fingerprint density at radius 1 is 1.33 bits per heavy atom. The van der Waals surface area contributed by atoms with E-state index in [1.54, 1.807) is 0 Å². The number of hydrogen-bond donors (Lipinski definition) is 2. The van der Waals surface area contributed by atoms with Gasteiger partial charge in [0.05, 0.1) is 38.4 Å². The van der Waals surface area contributed by atoms with Gasteiger partial charge in [0.1, 0.15) is 5.78 Å². The van der Waals surface area contributed by atoms with Crippen LogP contribution >= 0.6 is 0 Å². The molecular weight excluding hydrogens is 200 g/mol. The van der Waals surface area contributed by atoms with E-state index < -0.39 is 12.5 Å². The highest BCUT2D eigenvalue weighted by Gasteiger charge is 2.21. The summed E-state index contributed by atoms with van der Waals surface area (Å²) in [4.78, 5) is 33.2. The smallest absolute Gasteiger partial charge is 0.275 e. The fourth-order valence-corrected chi connectivity index (χ4v) is 1.52. The number of ketones is 1. The van der Waals surface area contributed by atoms with E-state index in [4.69, 9.17) is 0 Å². The largest absolute Gasteiger partial charge is 0.548 e. The summed E-state index contributed by atoms with van der Waals surface area (Å²) in [5, 5.41) is 12.3. The fraction of sp³-hybridized carbons (Fsp3) is 0.667. The first-order chi connectivity index (χ1) is 7.08. The van der Waals surface area contributed by atoms with Crippen molar-refractivity contribution < 1.29 is 24.4 Å². The molecule has 1 rings (SSSR count). The molecule has 0 atom stereocenters. The highest BCUT2D eigenvalue weighted by molar-refractivity contribution is 5.81. The third kappa shape index (κ3) is 4.55. The van der Waals surface area contributed by atoms with Gasteiger partial charge in [0.15, 0.2) is 6.54 Å². The zero-order chi connectivity index (χ0) is 11.3. The Hall–Kier alpha value is -1.43. The number of aliphatic carboxylic acids is 1. The van der Waals surface area contributed by atoms with Crippen molar-refractivity contribution in [2.75, 3.05) is 26.2 Å². The van der Waals surface area contributed by atoms with Crippen LogP contribution in [-0.2, 0) is 14.4 Å². The normalized spacial score (nSPS) is 17.5. The molecule has 15 heavy (non-hydrogen) atoms. The maximum absolute atomic E-state index is 11.2. The summed E-state index contributed by atoms with van der Waals surface area (Å²) in [5.74, 6) is -1.38. The van der Waals surface area contributed by atoms with Crippen molar-refractivity contribution in [1.29, 1.82) is 0 Å². The van der Waals surface area contributed by atoms with Crippen LogP contribution < -0.4 is 15.3 Å². The quantitative estimate of drug-likeness (QED) is 0.500. The van der Waals surface area contributed by atoms with Gasteiger partial charge in [0.25, 0.3) is 5.91 Å². The number of carboxylic acid groups (broad SMARTS) is 1. The molecule has 0 aromatic carbocycles. The average molecular weight is 214 g/mol. The number of carbonyl (C=O) groups excluding carboxylic acids is 3. The van der Waals surface area contributed by atoms with Crippen molar-refractivity contribution in [2.45, 2.75) is 12.8 Å². The highest BCUT2D eigenvalue weighted by Crippen LogP contribution is 1.89. The predicted molar refractivity (Wildman–Crippen MR) is 47.8 cm³/mol. The molecule has 0 bridgehead atoms. The van der Waals surface area contributed by atoms with Gasteiger partial charge in [0.2, 0.25) is 0 Å². The SMILES string of the molecule is O=C([O-])CNC(=O)C[NH+]1CCC(=O)CC1. The van der Waals surface area contributed by atoms with E-state index in [0.29, 0.717) is 25.9 Å². The topological polar surface area (TPSA) is 90.7 Å². The number of carbonyl (C=O) groups is 3. The van der Waals surface area contributed by atoms with E-state index in [0.717, 1.165) is 4.90 Å². The molecule has 0 aromatic heterocycles. The number of quaternary nitrogens is 1. The zero-order valence-corrected chi connectivity index (χ0v) is 8.38. The van der Waals surface area contributed by atoms with Gasteiger partial charge >= 0.3 is 0 Å². The molecule has 2 N–H and O–H groups in total. The molecule has 1 heterocycles. The lowest BCUT2D eigenvalue weighted by molar-refractivity contribution is -0.893. The Bertz CT molecular complexity index is 267. The minimum Gasteiger partial charge on any atom is -0.548 e. The maximum Gasteiger partial charge on any atom is 0.275 e. The van der Waals surface area contributed by atoms with Crippen LogP contribution in [0, 0.1) is 0 Å². The number of piperidine rings is 1. The number of carboxylic acids is 1. The molecule has 0 aliphatic carbocycles. The van der Waals surface area contributed by atoms with E-state index in [2.05, 4.69) is 5.32 Å². The summed E-state index contributed by atoms with van der Waals surface area (Å²) in [6, 6.07) is 0. The first-order valence-electron chi connectivity index (χ1n) is 4.89. The Balaban J connectivity index is 2.20. The Labute approximate surface area is 87.2 Å². The Kier molecular flexibility index (Phi) is 4.23. The third-order valence-corrected chi connectivity index (χ3v) is 2.36. The number of hydrogen-bond acceptors (Lipinski definition) is 4. The number of Topliss-reactive ketones (excluding diaryl/α,β-unsaturated/α-hetero) is 1. The molecule has 0 spiro atoms. The monoisotopic (exact) mass is 214 g/mol. The second-order valence-corrected chi connectivity index (χ2v) is 3.61. The molecule has 1 fully saturated rings. The van der Waals surface area contributed by atoms with Gasteiger partial charge in [0, 0.05) is 0 Å². The summed E-state index contributed by atoms with van der Waals surface area (Å²) in [7, 11) is 0. The summed E-state index contributed by atoms with van der Waals surface area (Å²) >= 11 is 0. The van der Waals surface area contributed by atoms with Crippen LogP contribution in [0.4, 0.5) is 0 Å². The van der Waals surface area contributed by atoms with Gasteiger partial charge in [-0.25, -0.2) is 0 Å². The van der Waals surface area contributed by atoms with Crippen LogP contribution in [0.15, 0.2) is 0 Å². The van der Waals surface area contributed by atoms with Crippen LogP contribution in [0.5, 0.6) is 0 Å². The molecule has 0 saturated carbocycles. The van der Waals surface area contributed by atoms with E-state index in [1.165, 1.54) is 0 Å². The highest BCUT2D eigenvalue weighted by atomic mass is 16.4. The lowest BCUT2D eigenvalue weighted by Gasteiger charge is -2.22. The van der Waals surface area contributed by atoms with E-state index in [-0.39, 0.29) is 18.2 Å². The zero-order valence-electron chi connectivity index (χ0n) is 8.38. The molecule has 0 aromatic rings. The average Bonchev–Trinajstić information content (AvgIpc) is 2.19. The van der Waals surface area contributed by atoms with Crippen molar-refractivity contribution in [2.24, 2.45) is 0 Å². The van der Waals surface area contributed by atoms with Gasteiger partial charge in [-0.15, -0.1) is 0 Å². The lowest BCUT2D eigenvalue weighted by atomic mass is 10.1. The predicted octanol–water partition coefficient (Wildman–Crippen LogP) is -3.90. The first-order valence-corrected chi connectivity index (χ1v) is 4.89. The standard InChI is InChI=1S/C9H14N2O4/c12-7-1-3-11(4-2-7)6-8(13)10-5-9(14)15/h1-6H2,(H,10,13)(H,14,15). The van der Waals surface area contributed by atoms with Crippen molar-refractivity contribution in [3.63, 3.8) is 0 Å². The summed E-state index contributed by atoms with van der Waals surface area (Å²) in [6.45, 7) is 1.07. The molecule has 1 aliphatic heterocycles. The van der Waals surface area contributed by atoms with E-state index in [1.807, 2.05) is 0 Å². The maximum atomic E-state index is 11.2. The molecule has 84 valence electrons. The Morgan fingerprint density at radius 2 is 1.93 bits per heavy atom. The van der Waals surface area contributed by atoms with Crippen LogP contribution in [0.3, 0.4) is 0 Å². The Morgan fingerprint density at radius 3 is 2.47 bits per heavy atom. The van der Waals surface area contributed by atoms with E-state index in [9.17, 15) is 19.5 Å². The van der Waals surface area contributed by atoms with E-state index >= 15 is 0 Å². The summed E-state index contributed by atoms with van der Waals surface area (Å²) in [6.07, 6.45) is 1.01. The number of rotatable bonds is 4. The van der Waals surface area contributed by atoms with Gasteiger partial charge < -0.3 is 20.1 Å². The van der Waals surface area contributed by atoms with Crippen LogP contribution in [-0.4, -0.2) is 43.8 Å². The van der Waals surface area contributed by atoms with Crippen molar-refractivity contribution in [3.05, 3.63) is 0 Å². The van der Waals surface area contributed by atoms with Crippen LogP contribution in [0.2, 0.25) is 0 Å². The van der Waals surface area contributed by atoms with Crippen LogP contribution in [0.25, 0.3) is 0 Å². The molecule has 1 amide bonds. The second-order valence-electron chi connectivity index (χ2n) is 3.61. The molecule has 6 heteroatoms. The fourth-order valence-electron chi connectivity index (χ4n) is 1.52. The van der Waals surface area contributed by atoms with Crippen molar-refractivity contribution >= 4 is 17.7 Å². The van der Waals surface area contributed by atoms with Gasteiger partial charge in [-0.3, -0.25) is 9.59 Å². The summed E-state index contributed by atoms with van der Waals surface area (Å²) in [5.41, 5.74) is 0. The molecule has 6 nitrogen and oxygen atoms in total. The van der Waals surface area contributed by atoms with Gasteiger partial charge in [-0.1, -0.05) is 0 Å². The first kappa shape index (κ1) is 11.6. The molecule has 0 radical (unpaired) electrons. The number of nitrogens with one attached hydrogen (secondary N) is 2. The number of amides is 1. The van der Waals surface area contributed by atoms with Gasteiger partial charge in [-0.05, 0) is 0 Å². The lowest BCUT2D eigenvalue weighted by Crippen LogP contribution is -3.14. The third-order valence-electron chi connectivity index (χ3n) is 2.36.